The zero-order valence-corrected chi connectivity index (χ0v) is 13.7. The third-order valence-corrected chi connectivity index (χ3v) is 4.04. The number of aromatic nitrogens is 3. The molecule has 2 heterocycles. The Balaban J connectivity index is 1.86. The molecule has 0 aliphatic heterocycles. The van der Waals surface area contributed by atoms with Gasteiger partial charge in [0, 0.05) is 23.6 Å². The summed E-state index contributed by atoms with van der Waals surface area (Å²) in [5, 5.41) is 3.50. The lowest BCUT2D eigenvalue weighted by Crippen LogP contribution is -1.97. The minimum Gasteiger partial charge on any atom is -0.339 e. The molecule has 0 amide bonds. The number of nitrogens with zero attached hydrogens (tertiary/aromatic N) is 3. The Morgan fingerprint density at radius 3 is 2.25 bits per heavy atom. The third kappa shape index (κ3) is 2.63. The summed E-state index contributed by atoms with van der Waals surface area (Å²) in [4.78, 5) is 9.09. The molecule has 1 N–H and O–H groups in total. The first-order chi connectivity index (χ1) is 11.7. The number of benzene rings is 2. The minimum absolute atomic E-state index is 0.683. The lowest BCUT2D eigenvalue weighted by Gasteiger charge is -2.09. The van der Waals surface area contributed by atoms with E-state index in [0.29, 0.717) is 5.78 Å². The molecule has 0 fully saturated rings. The molecule has 0 aliphatic carbocycles. The quantitative estimate of drug-likeness (QED) is 0.593. The normalized spacial score (nSPS) is 10.9. The maximum Gasteiger partial charge on any atom is 0.235 e. The number of rotatable bonds is 3. The Labute approximate surface area is 140 Å². The van der Waals surface area contributed by atoms with Crippen LogP contribution in [0.25, 0.3) is 17.0 Å². The highest BCUT2D eigenvalue weighted by Gasteiger charge is 2.14. The summed E-state index contributed by atoms with van der Waals surface area (Å²) < 4.78 is 1.98. The molecule has 0 unspecified atom stereocenters. The van der Waals surface area contributed by atoms with E-state index in [2.05, 4.69) is 72.7 Å². The molecular formula is C20H18N4. The standard InChI is InChI=1S/C20H18N4/c1-14-4-8-16(9-5-14)18-19(22-17-10-6-15(2)7-11-17)24-13-3-12-21-20(24)23-18/h3-13,22H,1-2H3. The van der Waals surface area contributed by atoms with Gasteiger partial charge in [0.05, 0.1) is 0 Å². The van der Waals surface area contributed by atoms with E-state index in [-0.39, 0.29) is 0 Å². The van der Waals surface area contributed by atoms with E-state index < -0.39 is 0 Å². The first-order valence-corrected chi connectivity index (χ1v) is 7.94. The van der Waals surface area contributed by atoms with Gasteiger partial charge in [-0.1, -0.05) is 47.5 Å². The van der Waals surface area contributed by atoms with Crippen LogP contribution in [0.5, 0.6) is 0 Å². The lowest BCUT2D eigenvalue weighted by atomic mass is 10.1. The Morgan fingerprint density at radius 1 is 0.875 bits per heavy atom. The van der Waals surface area contributed by atoms with Gasteiger partial charge in [-0.15, -0.1) is 0 Å². The number of anilines is 2. The third-order valence-electron chi connectivity index (χ3n) is 4.04. The van der Waals surface area contributed by atoms with Crippen LogP contribution in [0.15, 0.2) is 67.0 Å². The summed E-state index contributed by atoms with van der Waals surface area (Å²) in [6.45, 7) is 4.17. The summed E-state index contributed by atoms with van der Waals surface area (Å²) >= 11 is 0. The molecule has 4 aromatic rings. The summed E-state index contributed by atoms with van der Waals surface area (Å²) in [7, 11) is 0. The summed E-state index contributed by atoms with van der Waals surface area (Å²) in [5.41, 5.74) is 5.46. The predicted molar refractivity (Wildman–Crippen MR) is 97.6 cm³/mol. The van der Waals surface area contributed by atoms with Crippen LogP contribution < -0.4 is 5.32 Å². The van der Waals surface area contributed by atoms with Crippen molar-refractivity contribution in [3.8, 4) is 11.3 Å². The zero-order valence-electron chi connectivity index (χ0n) is 13.7. The molecule has 4 heteroatoms. The van der Waals surface area contributed by atoms with Crippen molar-refractivity contribution in [2.75, 3.05) is 5.32 Å². The average Bonchev–Trinajstić information content (AvgIpc) is 2.96. The second-order valence-corrected chi connectivity index (χ2v) is 5.96. The molecule has 0 atom stereocenters. The number of imidazole rings is 1. The van der Waals surface area contributed by atoms with Gasteiger partial charge in [-0.3, -0.25) is 4.40 Å². The van der Waals surface area contributed by atoms with Gasteiger partial charge in [-0.25, -0.2) is 9.97 Å². The highest BCUT2D eigenvalue weighted by atomic mass is 15.2. The minimum atomic E-state index is 0.683. The molecule has 2 aromatic heterocycles. The molecule has 0 saturated heterocycles. The molecular weight excluding hydrogens is 296 g/mol. The summed E-state index contributed by atoms with van der Waals surface area (Å²) in [6.07, 6.45) is 3.74. The van der Waals surface area contributed by atoms with Crippen molar-refractivity contribution in [3.63, 3.8) is 0 Å². The van der Waals surface area contributed by atoms with E-state index in [4.69, 9.17) is 4.98 Å². The molecule has 2 aromatic carbocycles. The van der Waals surface area contributed by atoms with Gasteiger partial charge in [0.15, 0.2) is 0 Å². The van der Waals surface area contributed by atoms with Crippen molar-refractivity contribution in [2.45, 2.75) is 13.8 Å². The Kier molecular flexibility index (Phi) is 3.50. The van der Waals surface area contributed by atoms with E-state index in [1.807, 2.05) is 16.7 Å². The van der Waals surface area contributed by atoms with Crippen LogP contribution in [0.1, 0.15) is 11.1 Å². The number of fused-ring (bicyclic) bond motifs is 1. The van der Waals surface area contributed by atoms with Gasteiger partial charge in [0.25, 0.3) is 0 Å². The van der Waals surface area contributed by atoms with Crippen molar-refractivity contribution in [3.05, 3.63) is 78.1 Å². The molecule has 4 rings (SSSR count). The molecule has 118 valence electrons. The highest BCUT2D eigenvalue weighted by Crippen LogP contribution is 2.30. The van der Waals surface area contributed by atoms with Gasteiger partial charge >= 0.3 is 0 Å². The maximum absolute atomic E-state index is 4.72. The summed E-state index contributed by atoms with van der Waals surface area (Å²) in [6, 6.07) is 18.6. The van der Waals surface area contributed by atoms with Crippen LogP contribution in [-0.2, 0) is 0 Å². The van der Waals surface area contributed by atoms with Crippen LogP contribution in [0.2, 0.25) is 0 Å². The van der Waals surface area contributed by atoms with E-state index in [9.17, 15) is 0 Å². The molecule has 0 bridgehead atoms. The molecule has 24 heavy (non-hydrogen) atoms. The number of aryl methyl sites for hydroxylation is 2. The van der Waals surface area contributed by atoms with Gasteiger partial charge in [-0.05, 0) is 32.0 Å². The van der Waals surface area contributed by atoms with Gasteiger partial charge in [0.2, 0.25) is 5.78 Å². The smallest absolute Gasteiger partial charge is 0.235 e. The second-order valence-electron chi connectivity index (χ2n) is 5.96. The molecule has 4 nitrogen and oxygen atoms in total. The fourth-order valence-corrected chi connectivity index (χ4v) is 2.69. The SMILES string of the molecule is Cc1ccc(Nc2c(-c3ccc(C)cc3)nc3ncccn23)cc1. The second kappa shape index (κ2) is 5.81. The van der Waals surface area contributed by atoms with Crippen molar-refractivity contribution in [1.29, 1.82) is 0 Å². The number of hydrogen-bond donors (Lipinski definition) is 1. The first kappa shape index (κ1) is 14.5. The molecule has 0 radical (unpaired) electrons. The molecule has 0 saturated carbocycles. The van der Waals surface area contributed by atoms with Crippen LogP contribution in [0.3, 0.4) is 0 Å². The van der Waals surface area contributed by atoms with Crippen LogP contribution >= 0.6 is 0 Å². The van der Waals surface area contributed by atoms with Crippen molar-refractivity contribution in [2.24, 2.45) is 0 Å². The van der Waals surface area contributed by atoms with E-state index in [1.54, 1.807) is 6.20 Å². The Bertz CT molecular complexity index is 983. The van der Waals surface area contributed by atoms with Gasteiger partial charge in [0.1, 0.15) is 11.5 Å². The highest BCUT2D eigenvalue weighted by molar-refractivity contribution is 5.79. The van der Waals surface area contributed by atoms with Crippen molar-refractivity contribution < 1.29 is 0 Å². The van der Waals surface area contributed by atoms with Gasteiger partial charge < -0.3 is 5.32 Å². The largest absolute Gasteiger partial charge is 0.339 e. The van der Waals surface area contributed by atoms with Crippen LogP contribution in [0, 0.1) is 13.8 Å². The topological polar surface area (TPSA) is 42.2 Å². The first-order valence-electron chi connectivity index (χ1n) is 7.94. The summed E-state index contributed by atoms with van der Waals surface area (Å²) in [5.74, 6) is 1.61. The zero-order chi connectivity index (χ0) is 16.5. The molecule has 0 spiro atoms. The molecule has 0 aliphatic rings. The van der Waals surface area contributed by atoms with Crippen molar-refractivity contribution in [1.82, 2.24) is 14.4 Å². The van der Waals surface area contributed by atoms with E-state index in [0.717, 1.165) is 22.8 Å². The monoisotopic (exact) mass is 314 g/mol. The average molecular weight is 314 g/mol. The van der Waals surface area contributed by atoms with Crippen LogP contribution in [0.4, 0.5) is 11.5 Å². The van der Waals surface area contributed by atoms with E-state index in [1.165, 1.54) is 11.1 Å². The number of hydrogen-bond acceptors (Lipinski definition) is 3. The van der Waals surface area contributed by atoms with E-state index >= 15 is 0 Å². The Hall–Kier alpha value is -3.14. The van der Waals surface area contributed by atoms with Crippen molar-refractivity contribution >= 4 is 17.3 Å². The fraction of sp³-hybridized carbons (Fsp3) is 0.100. The fourth-order valence-electron chi connectivity index (χ4n) is 2.69. The van der Waals surface area contributed by atoms with Gasteiger partial charge in [-0.2, -0.15) is 0 Å². The van der Waals surface area contributed by atoms with Crippen LogP contribution in [-0.4, -0.2) is 14.4 Å². The number of nitrogens with one attached hydrogen (secondary N) is 1. The Morgan fingerprint density at radius 2 is 1.54 bits per heavy atom. The predicted octanol–water partition coefficient (Wildman–Crippen LogP) is 4.76. The lowest BCUT2D eigenvalue weighted by molar-refractivity contribution is 1.11. The maximum atomic E-state index is 4.72.